The number of rotatable bonds is 2. The SMILES string of the molecule is Cc1ccc(Br)c(Cc2ccccc2)n1. The molecule has 0 bridgehead atoms. The average molecular weight is 262 g/mol. The molecule has 0 N–H and O–H groups in total. The molecule has 1 heterocycles. The van der Waals surface area contributed by atoms with Gasteiger partial charge in [0, 0.05) is 16.6 Å². The molecule has 1 nitrogen and oxygen atoms in total. The van der Waals surface area contributed by atoms with Crippen LogP contribution >= 0.6 is 15.9 Å². The zero-order chi connectivity index (χ0) is 10.7. The lowest BCUT2D eigenvalue weighted by Crippen LogP contribution is -1.95. The molecule has 0 radical (unpaired) electrons. The van der Waals surface area contributed by atoms with Crippen molar-refractivity contribution < 1.29 is 0 Å². The van der Waals surface area contributed by atoms with Gasteiger partial charge in [0.15, 0.2) is 0 Å². The summed E-state index contributed by atoms with van der Waals surface area (Å²) in [5, 5.41) is 0. The minimum Gasteiger partial charge on any atom is -0.257 e. The number of aryl methyl sites for hydroxylation is 1. The highest BCUT2D eigenvalue weighted by molar-refractivity contribution is 9.10. The molecular formula is C13H12BrN. The first-order valence-corrected chi connectivity index (χ1v) is 5.71. The van der Waals surface area contributed by atoms with E-state index in [4.69, 9.17) is 0 Å². The third kappa shape index (κ3) is 2.66. The topological polar surface area (TPSA) is 12.9 Å². The molecule has 1 aromatic heterocycles. The Labute approximate surface area is 98.3 Å². The molecule has 1 aromatic carbocycles. The van der Waals surface area contributed by atoms with Crippen molar-refractivity contribution in [3.05, 3.63) is 63.9 Å². The molecule has 76 valence electrons. The van der Waals surface area contributed by atoms with Crippen LogP contribution in [0.4, 0.5) is 0 Å². The van der Waals surface area contributed by atoms with Crippen LogP contribution in [0.2, 0.25) is 0 Å². The highest BCUT2D eigenvalue weighted by Crippen LogP contribution is 2.18. The Bertz CT molecular complexity index is 451. The van der Waals surface area contributed by atoms with Gasteiger partial charge in [-0.15, -0.1) is 0 Å². The van der Waals surface area contributed by atoms with Crippen LogP contribution in [0, 0.1) is 6.92 Å². The van der Waals surface area contributed by atoms with E-state index in [0.717, 1.165) is 22.3 Å². The first-order valence-electron chi connectivity index (χ1n) is 4.91. The zero-order valence-electron chi connectivity index (χ0n) is 8.57. The van der Waals surface area contributed by atoms with Crippen LogP contribution in [0.5, 0.6) is 0 Å². The summed E-state index contributed by atoms with van der Waals surface area (Å²) in [6.45, 7) is 2.01. The predicted octanol–water partition coefficient (Wildman–Crippen LogP) is 3.74. The minimum atomic E-state index is 0.878. The van der Waals surface area contributed by atoms with E-state index >= 15 is 0 Å². The van der Waals surface area contributed by atoms with Crippen LogP contribution in [0.15, 0.2) is 46.9 Å². The van der Waals surface area contributed by atoms with E-state index < -0.39 is 0 Å². The van der Waals surface area contributed by atoms with E-state index in [1.54, 1.807) is 0 Å². The van der Waals surface area contributed by atoms with Crippen LogP contribution in [-0.2, 0) is 6.42 Å². The van der Waals surface area contributed by atoms with Crippen LogP contribution in [-0.4, -0.2) is 4.98 Å². The molecule has 0 aliphatic carbocycles. The van der Waals surface area contributed by atoms with Crippen LogP contribution in [0.25, 0.3) is 0 Å². The number of nitrogens with zero attached hydrogens (tertiary/aromatic N) is 1. The van der Waals surface area contributed by atoms with Crippen LogP contribution < -0.4 is 0 Å². The fourth-order valence-corrected chi connectivity index (χ4v) is 1.87. The van der Waals surface area contributed by atoms with Crippen LogP contribution in [0.3, 0.4) is 0 Å². The molecule has 0 saturated carbocycles. The summed E-state index contributed by atoms with van der Waals surface area (Å²) >= 11 is 3.53. The highest BCUT2D eigenvalue weighted by atomic mass is 79.9. The lowest BCUT2D eigenvalue weighted by molar-refractivity contribution is 1.02. The number of benzene rings is 1. The number of aromatic nitrogens is 1. The Hall–Kier alpha value is -1.15. The summed E-state index contributed by atoms with van der Waals surface area (Å²) < 4.78 is 1.08. The normalized spacial score (nSPS) is 10.3. The maximum Gasteiger partial charge on any atom is 0.0592 e. The minimum absolute atomic E-state index is 0.878. The second-order valence-corrected chi connectivity index (χ2v) is 4.40. The lowest BCUT2D eigenvalue weighted by Gasteiger charge is -2.04. The van der Waals surface area contributed by atoms with E-state index in [2.05, 4.69) is 51.2 Å². The van der Waals surface area contributed by atoms with Gasteiger partial charge < -0.3 is 0 Å². The van der Waals surface area contributed by atoms with Crippen molar-refractivity contribution >= 4 is 15.9 Å². The van der Waals surface area contributed by atoms with E-state index in [1.165, 1.54) is 5.56 Å². The molecule has 0 spiro atoms. The van der Waals surface area contributed by atoms with Gasteiger partial charge in [0.2, 0.25) is 0 Å². The van der Waals surface area contributed by atoms with Gasteiger partial charge in [0.05, 0.1) is 5.69 Å². The Morgan fingerprint density at radius 1 is 1.07 bits per heavy atom. The van der Waals surface area contributed by atoms with Gasteiger partial charge in [0.25, 0.3) is 0 Å². The van der Waals surface area contributed by atoms with E-state index in [0.29, 0.717) is 0 Å². The summed E-state index contributed by atoms with van der Waals surface area (Å²) in [6.07, 6.45) is 0.878. The maximum absolute atomic E-state index is 4.52. The monoisotopic (exact) mass is 261 g/mol. The molecule has 0 aliphatic rings. The average Bonchev–Trinajstić information content (AvgIpc) is 2.25. The highest BCUT2D eigenvalue weighted by Gasteiger charge is 2.02. The maximum atomic E-state index is 4.52. The molecule has 2 rings (SSSR count). The molecule has 0 atom stereocenters. The largest absolute Gasteiger partial charge is 0.257 e. The third-order valence-corrected chi connectivity index (χ3v) is 2.99. The molecular weight excluding hydrogens is 250 g/mol. The Morgan fingerprint density at radius 2 is 1.80 bits per heavy atom. The predicted molar refractivity (Wildman–Crippen MR) is 65.9 cm³/mol. The standard InChI is InChI=1S/C13H12BrN/c1-10-7-8-12(14)13(15-10)9-11-5-3-2-4-6-11/h2-8H,9H2,1H3. The van der Waals surface area contributed by atoms with Crippen molar-refractivity contribution in [1.29, 1.82) is 0 Å². The molecule has 15 heavy (non-hydrogen) atoms. The molecule has 2 heteroatoms. The molecule has 0 amide bonds. The number of halogens is 1. The van der Waals surface area contributed by atoms with Gasteiger partial charge in [0.1, 0.15) is 0 Å². The molecule has 0 fully saturated rings. The first-order chi connectivity index (χ1) is 7.25. The van der Waals surface area contributed by atoms with Crippen molar-refractivity contribution in [3.63, 3.8) is 0 Å². The van der Waals surface area contributed by atoms with E-state index in [-0.39, 0.29) is 0 Å². The summed E-state index contributed by atoms with van der Waals surface area (Å²) in [7, 11) is 0. The van der Waals surface area contributed by atoms with Crippen molar-refractivity contribution in [2.75, 3.05) is 0 Å². The third-order valence-electron chi connectivity index (χ3n) is 2.27. The summed E-state index contributed by atoms with van der Waals surface area (Å²) in [6, 6.07) is 14.5. The molecule has 0 unspecified atom stereocenters. The Kier molecular flexibility index (Phi) is 3.17. The van der Waals surface area contributed by atoms with Crippen LogP contribution in [0.1, 0.15) is 17.0 Å². The van der Waals surface area contributed by atoms with Crippen molar-refractivity contribution in [3.8, 4) is 0 Å². The van der Waals surface area contributed by atoms with Gasteiger partial charge in [-0.25, -0.2) is 0 Å². The Morgan fingerprint density at radius 3 is 2.53 bits per heavy atom. The van der Waals surface area contributed by atoms with Gasteiger partial charge >= 0.3 is 0 Å². The number of hydrogen-bond acceptors (Lipinski definition) is 1. The summed E-state index contributed by atoms with van der Waals surface area (Å²) in [5.41, 5.74) is 3.45. The smallest absolute Gasteiger partial charge is 0.0592 e. The van der Waals surface area contributed by atoms with E-state index in [9.17, 15) is 0 Å². The summed E-state index contributed by atoms with van der Waals surface area (Å²) in [4.78, 5) is 4.52. The zero-order valence-corrected chi connectivity index (χ0v) is 10.2. The van der Waals surface area contributed by atoms with Gasteiger partial charge in [-0.2, -0.15) is 0 Å². The fraction of sp³-hybridized carbons (Fsp3) is 0.154. The first kappa shape index (κ1) is 10.4. The molecule has 2 aromatic rings. The lowest BCUT2D eigenvalue weighted by atomic mass is 10.1. The number of hydrogen-bond donors (Lipinski definition) is 0. The van der Waals surface area contributed by atoms with Crippen molar-refractivity contribution in [1.82, 2.24) is 4.98 Å². The van der Waals surface area contributed by atoms with Gasteiger partial charge in [-0.1, -0.05) is 30.3 Å². The molecule has 0 saturated heterocycles. The van der Waals surface area contributed by atoms with Crippen molar-refractivity contribution in [2.45, 2.75) is 13.3 Å². The second-order valence-electron chi connectivity index (χ2n) is 3.54. The molecule has 0 aliphatic heterocycles. The quantitative estimate of drug-likeness (QED) is 0.803. The second kappa shape index (κ2) is 4.58. The Balaban J connectivity index is 2.28. The van der Waals surface area contributed by atoms with Gasteiger partial charge in [-0.05, 0) is 40.5 Å². The fourth-order valence-electron chi connectivity index (χ4n) is 1.51. The summed E-state index contributed by atoms with van der Waals surface area (Å²) in [5.74, 6) is 0. The van der Waals surface area contributed by atoms with Crippen molar-refractivity contribution in [2.24, 2.45) is 0 Å². The number of pyridine rings is 1. The van der Waals surface area contributed by atoms with E-state index in [1.807, 2.05) is 19.1 Å². The van der Waals surface area contributed by atoms with Gasteiger partial charge in [-0.3, -0.25) is 4.98 Å².